The summed E-state index contributed by atoms with van der Waals surface area (Å²) in [7, 11) is 0. The molecular weight excluding hydrogens is 270 g/mol. The van der Waals surface area contributed by atoms with E-state index in [9.17, 15) is 9.59 Å². The lowest BCUT2D eigenvalue weighted by atomic mass is 9.87. The standard InChI is InChI=1S/C16H29NO4/c1-7-16(8-2)14(19)21-11-12(17(16)9-3)10-20-13(18)15(4,5)6/h12H,7-11H2,1-6H3. The van der Waals surface area contributed by atoms with Gasteiger partial charge in [-0.1, -0.05) is 20.8 Å². The van der Waals surface area contributed by atoms with Crippen LogP contribution in [0.15, 0.2) is 0 Å². The van der Waals surface area contributed by atoms with E-state index in [4.69, 9.17) is 9.47 Å². The molecule has 1 fully saturated rings. The first-order valence-electron chi connectivity index (χ1n) is 7.84. The first kappa shape index (κ1) is 18.0. The van der Waals surface area contributed by atoms with Crippen molar-refractivity contribution < 1.29 is 19.1 Å². The molecule has 1 unspecified atom stereocenters. The van der Waals surface area contributed by atoms with Gasteiger partial charge in [0, 0.05) is 0 Å². The molecule has 5 nitrogen and oxygen atoms in total. The maximum atomic E-state index is 12.2. The average molecular weight is 299 g/mol. The number of carbonyl (C=O) groups is 2. The van der Waals surface area contributed by atoms with Crippen molar-refractivity contribution in [3.8, 4) is 0 Å². The molecule has 1 atom stereocenters. The topological polar surface area (TPSA) is 55.8 Å². The van der Waals surface area contributed by atoms with Crippen LogP contribution in [0.1, 0.15) is 54.4 Å². The SMILES string of the molecule is CCN1C(COC(=O)C(C)(C)C)COC(=O)C1(CC)CC. The van der Waals surface area contributed by atoms with Crippen LogP contribution in [0.25, 0.3) is 0 Å². The third kappa shape index (κ3) is 3.57. The van der Waals surface area contributed by atoms with Gasteiger partial charge < -0.3 is 9.47 Å². The molecule has 5 heteroatoms. The van der Waals surface area contributed by atoms with Gasteiger partial charge in [-0.3, -0.25) is 14.5 Å². The van der Waals surface area contributed by atoms with Crippen molar-refractivity contribution in [3.05, 3.63) is 0 Å². The lowest BCUT2D eigenvalue weighted by Crippen LogP contribution is -2.64. The molecule has 0 saturated carbocycles. The van der Waals surface area contributed by atoms with Gasteiger partial charge >= 0.3 is 11.9 Å². The van der Waals surface area contributed by atoms with Crippen LogP contribution in [0.3, 0.4) is 0 Å². The van der Waals surface area contributed by atoms with Gasteiger partial charge in [0.15, 0.2) is 0 Å². The molecule has 0 aliphatic carbocycles. The van der Waals surface area contributed by atoms with E-state index in [2.05, 4.69) is 4.90 Å². The van der Waals surface area contributed by atoms with Crippen LogP contribution in [0.2, 0.25) is 0 Å². The summed E-state index contributed by atoms with van der Waals surface area (Å²) in [4.78, 5) is 26.3. The number of esters is 2. The average Bonchev–Trinajstić information content (AvgIpc) is 2.44. The Morgan fingerprint density at radius 2 is 1.90 bits per heavy atom. The maximum Gasteiger partial charge on any atom is 0.326 e. The highest BCUT2D eigenvalue weighted by atomic mass is 16.6. The van der Waals surface area contributed by atoms with Crippen LogP contribution in [0.5, 0.6) is 0 Å². The fourth-order valence-electron chi connectivity index (χ4n) is 2.90. The largest absolute Gasteiger partial charge is 0.463 e. The molecule has 1 saturated heterocycles. The Morgan fingerprint density at radius 1 is 1.33 bits per heavy atom. The summed E-state index contributed by atoms with van der Waals surface area (Å²) in [6.07, 6.45) is 1.39. The molecule has 0 amide bonds. The molecule has 0 aromatic rings. The van der Waals surface area contributed by atoms with Gasteiger partial charge in [-0.15, -0.1) is 0 Å². The van der Waals surface area contributed by atoms with E-state index in [0.717, 1.165) is 6.54 Å². The Balaban J connectivity index is 2.83. The lowest BCUT2D eigenvalue weighted by molar-refractivity contribution is -0.182. The van der Waals surface area contributed by atoms with Gasteiger partial charge in [-0.05, 0) is 40.2 Å². The van der Waals surface area contributed by atoms with Crippen molar-refractivity contribution >= 4 is 11.9 Å². The van der Waals surface area contributed by atoms with Crippen LogP contribution < -0.4 is 0 Å². The number of cyclic esters (lactones) is 1. The minimum absolute atomic E-state index is 0.0705. The summed E-state index contributed by atoms with van der Waals surface area (Å²) in [5, 5.41) is 0. The molecule has 0 bridgehead atoms. The van der Waals surface area contributed by atoms with Crippen LogP contribution in [0.4, 0.5) is 0 Å². The Hall–Kier alpha value is -1.10. The normalized spacial score (nSPS) is 22.8. The van der Waals surface area contributed by atoms with Gasteiger partial charge in [0.2, 0.25) is 0 Å². The van der Waals surface area contributed by atoms with Crippen molar-refractivity contribution in [3.63, 3.8) is 0 Å². The Labute approximate surface area is 128 Å². The second kappa shape index (κ2) is 6.77. The number of rotatable bonds is 5. The highest BCUT2D eigenvalue weighted by molar-refractivity contribution is 5.81. The molecule has 122 valence electrons. The summed E-state index contributed by atoms with van der Waals surface area (Å²) in [5.74, 6) is -0.387. The molecule has 0 radical (unpaired) electrons. The van der Waals surface area contributed by atoms with E-state index >= 15 is 0 Å². The molecule has 1 aliphatic heterocycles. The maximum absolute atomic E-state index is 12.2. The van der Waals surface area contributed by atoms with E-state index in [1.165, 1.54) is 0 Å². The molecule has 0 N–H and O–H groups in total. The van der Waals surface area contributed by atoms with Crippen LogP contribution >= 0.6 is 0 Å². The Kier molecular flexibility index (Phi) is 5.79. The van der Waals surface area contributed by atoms with Crippen molar-refractivity contribution in [2.45, 2.75) is 66.0 Å². The Bertz CT molecular complexity index is 382. The van der Waals surface area contributed by atoms with Gasteiger partial charge in [0.1, 0.15) is 18.8 Å². The lowest BCUT2D eigenvalue weighted by Gasteiger charge is -2.48. The van der Waals surface area contributed by atoms with E-state index in [1.807, 2.05) is 41.5 Å². The summed E-state index contributed by atoms with van der Waals surface area (Å²) in [5.41, 5.74) is -1.11. The summed E-state index contributed by atoms with van der Waals surface area (Å²) < 4.78 is 10.8. The number of nitrogens with zero attached hydrogens (tertiary/aromatic N) is 1. The second-order valence-electron chi connectivity index (χ2n) is 6.63. The number of morpholine rings is 1. The summed E-state index contributed by atoms with van der Waals surface area (Å²) in [6.45, 7) is 12.8. The van der Waals surface area contributed by atoms with Crippen molar-refractivity contribution in [2.24, 2.45) is 5.41 Å². The number of carbonyl (C=O) groups excluding carboxylic acids is 2. The molecule has 1 rings (SSSR count). The van der Waals surface area contributed by atoms with Crippen LogP contribution in [-0.4, -0.2) is 48.2 Å². The highest BCUT2D eigenvalue weighted by Crippen LogP contribution is 2.32. The molecule has 0 spiro atoms. The molecular formula is C16H29NO4. The highest BCUT2D eigenvalue weighted by Gasteiger charge is 2.48. The van der Waals surface area contributed by atoms with E-state index in [0.29, 0.717) is 12.8 Å². The Morgan fingerprint density at radius 3 is 2.33 bits per heavy atom. The van der Waals surface area contributed by atoms with E-state index in [1.54, 1.807) is 0 Å². The second-order valence-corrected chi connectivity index (χ2v) is 6.63. The molecule has 21 heavy (non-hydrogen) atoms. The smallest absolute Gasteiger partial charge is 0.326 e. The van der Waals surface area contributed by atoms with Crippen molar-refractivity contribution in [2.75, 3.05) is 19.8 Å². The number of ether oxygens (including phenoxy) is 2. The predicted octanol–water partition coefficient (Wildman–Crippen LogP) is 2.38. The van der Waals surface area contributed by atoms with E-state index < -0.39 is 11.0 Å². The minimum Gasteiger partial charge on any atom is -0.463 e. The monoisotopic (exact) mass is 299 g/mol. The summed E-state index contributed by atoms with van der Waals surface area (Å²) >= 11 is 0. The predicted molar refractivity (Wildman–Crippen MR) is 80.9 cm³/mol. The summed E-state index contributed by atoms with van der Waals surface area (Å²) in [6, 6.07) is -0.0705. The zero-order valence-electron chi connectivity index (χ0n) is 14.2. The van der Waals surface area contributed by atoms with Crippen molar-refractivity contribution in [1.29, 1.82) is 0 Å². The minimum atomic E-state index is -0.591. The zero-order chi connectivity index (χ0) is 16.3. The number of hydrogen-bond donors (Lipinski definition) is 0. The first-order valence-corrected chi connectivity index (χ1v) is 7.84. The molecule has 0 aromatic carbocycles. The van der Waals surface area contributed by atoms with Crippen molar-refractivity contribution in [1.82, 2.24) is 4.90 Å². The van der Waals surface area contributed by atoms with Gasteiger partial charge in [-0.25, -0.2) is 0 Å². The molecule has 1 aliphatic rings. The molecule has 1 heterocycles. The number of hydrogen-bond acceptors (Lipinski definition) is 5. The third-order valence-electron chi connectivity index (χ3n) is 4.31. The number of likely N-dealkylation sites (N-methyl/N-ethyl adjacent to an activating group) is 1. The van der Waals surface area contributed by atoms with Gasteiger partial charge in [0.05, 0.1) is 11.5 Å². The van der Waals surface area contributed by atoms with E-state index in [-0.39, 0.29) is 31.2 Å². The van der Waals surface area contributed by atoms with Crippen LogP contribution in [-0.2, 0) is 19.1 Å². The third-order valence-corrected chi connectivity index (χ3v) is 4.31. The van der Waals surface area contributed by atoms with Gasteiger partial charge in [-0.2, -0.15) is 0 Å². The first-order chi connectivity index (χ1) is 9.72. The fraction of sp³-hybridized carbons (Fsp3) is 0.875. The van der Waals surface area contributed by atoms with Crippen LogP contribution in [0, 0.1) is 5.41 Å². The fourth-order valence-corrected chi connectivity index (χ4v) is 2.90. The van der Waals surface area contributed by atoms with Gasteiger partial charge in [0.25, 0.3) is 0 Å². The molecule has 0 aromatic heterocycles. The zero-order valence-corrected chi connectivity index (χ0v) is 14.2. The quantitative estimate of drug-likeness (QED) is 0.730.